The van der Waals surface area contributed by atoms with Crippen LogP contribution in [0.3, 0.4) is 0 Å². The van der Waals surface area contributed by atoms with Crippen LogP contribution in [-0.2, 0) is 17.8 Å². The first kappa shape index (κ1) is 15.3. The van der Waals surface area contributed by atoms with E-state index in [0.717, 1.165) is 16.9 Å². The van der Waals surface area contributed by atoms with E-state index < -0.39 is 0 Å². The van der Waals surface area contributed by atoms with E-state index in [1.807, 2.05) is 50.4 Å². The topological polar surface area (TPSA) is 59.5 Å². The highest BCUT2D eigenvalue weighted by atomic mass is 16.3. The number of carbonyl (C=O) groups excluding carboxylic acids is 1. The van der Waals surface area contributed by atoms with E-state index in [0.29, 0.717) is 19.5 Å². The molecule has 1 aromatic carbocycles. The molecule has 0 aliphatic rings. The second kappa shape index (κ2) is 7.09. The predicted molar refractivity (Wildman–Crippen MR) is 82.6 cm³/mol. The number of nitrogens with zero attached hydrogens (tertiary/aromatic N) is 1. The number of rotatable bonds is 6. The summed E-state index contributed by atoms with van der Waals surface area (Å²) >= 11 is 0. The second-order valence-corrected chi connectivity index (χ2v) is 5.32. The number of amides is 1. The van der Waals surface area contributed by atoms with Crippen LogP contribution in [0.25, 0.3) is 0 Å². The maximum absolute atomic E-state index is 12.5. The number of benzene rings is 1. The fourth-order valence-electron chi connectivity index (χ4n) is 2.39. The Bertz CT molecular complexity index is 577. The number of hydrogen-bond acceptors (Lipinski definition) is 3. The monoisotopic (exact) mass is 286 g/mol. The van der Waals surface area contributed by atoms with E-state index in [1.165, 1.54) is 0 Å². The zero-order chi connectivity index (χ0) is 15.2. The third-order valence-corrected chi connectivity index (χ3v) is 3.71. The summed E-state index contributed by atoms with van der Waals surface area (Å²) in [6, 6.07) is 11.9. The summed E-state index contributed by atoms with van der Waals surface area (Å²) in [5.74, 6) is 0.730. The van der Waals surface area contributed by atoms with Crippen LogP contribution in [0.5, 0.6) is 0 Å². The Morgan fingerprint density at radius 3 is 2.57 bits per heavy atom. The van der Waals surface area contributed by atoms with Gasteiger partial charge in [0, 0.05) is 25.7 Å². The lowest BCUT2D eigenvalue weighted by molar-refractivity contribution is -0.134. The van der Waals surface area contributed by atoms with Crippen LogP contribution in [0, 0.1) is 12.8 Å². The number of nitrogens with two attached hydrogens (primary N) is 1. The van der Waals surface area contributed by atoms with Crippen LogP contribution in [0.2, 0.25) is 0 Å². The summed E-state index contributed by atoms with van der Waals surface area (Å²) in [6.45, 7) is 2.80. The number of carbonyl (C=O) groups is 1. The highest BCUT2D eigenvalue weighted by Crippen LogP contribution is 2.15. The average molecular weight is 286 g/mol. The van der Waals surface area contributed by atoms with Crippen molar-refractivity contribution in [3.05, 3.63) is 59.5 Å². The van der Waals surface area contributed by atoms with Gasteiger partial charge >= 0.3 is 0 Å². The second-order valence-electron chi connectivity index (χ2n) is 5.32. The fourth-order valence-corrected chi connectivity index (χ4v) is 2.39. The summed E-state index contributed by atoms with van der Waals surface area (Å²) in [6.07, 6.45) is 2.32. The summed E-state index contributed by atoms with van der Waals surface area (Å²) in [7, 11) is 1.81. The van der Waals surface area contributed by atoms with Gasteiger partial charge in [-0.2, -0.15) is 0 Å². The van der Waals surface area contributed by atoms with Crippen LogP contribution in [-0.4, -0.2) is 24.4 Å². The van der Waals surface area contributed by atoms with Crippen LogP contribution in [0.15, 0.2) is 47.1 Å². The predicted octanol–water partition coefficient (Wildman–Crippen LogP) is 2.36. The summed E-state index contributed by atoms with van der Waals surface area (Å²) in [5.41, 5.74) is 7.96. The Hall–Kier alpha value is -2.07. The van der Waals surface area contributed by atoms with Gasteiger partial charge in [-0.3, -0.25) is 4.79 Å². The molecule has 112 valence electrons. The van der Waals surface area contributed by atoms with Crippen molar-refractivity contribution in [3.8, 4) is 0 Å². The van der Waals surface area contributed by atoms with E-state index in [4.69, 9.17) is 10.2 Å². The van der Waals surface area contributed by atoms with Gasteiger partial charge in [0.15, 0.2) is 0 Å². The minimum Gasteiger partial charge on any atom is -0.469 e. The first-order valence-electron chi connectivity index (χ1n) is 7.13. The molecule has 2 rings (SSSR count). The van der Waals surface area contributed by atoms with Crippen molar-refractivity contribution in [2.45, 2.75) is 19.9 Å². The van der Waals surface area contributed by atoms with E-state index in [1.54, 1.807) is 11.2 Å². The molecule has 21 heavy (non-hydrogen) atoms. The van der Waals surface area contributed by atoms with E-state index in [2.05, 4.69) is 0 Å². The van der Waals surface area contributed by atoms with Gasteiger partial charge in [0.2, 0.25) is 5.91 Å². The fraction of sp³-hybridized carbons (Fsp3) is 0.353. The molecule has 1 aromatic heterocycles. The van der Waals surface area contributed by atoms with E-state index in [9.17, 15) is 4.79 Å². The van der Waals surface area contributed by atoms with Crippen molar-refractivity contribution in [3.63, 3.8) is 0 Å². The maximum atomic E-state index is 12.5. The largest absolute Gasteiger partial charge is 0.469 e. The van der Waals surface area contributed by atoms with Crippen LogP contribution in [0.1, 0.15) is 16.9 Å². The molecular weight excluding hydrogens is 264 g/mol. The van der Waals surface area contributed by atoms with Gasteiger partial charge in [-0.05, 0) is 25.0 Å². The number of aryl methyl sites for hydroxylation is 1. The van der Waals surface area contributed by atoms with E-state index in [-0.39, 0.29) is 11.8 Å². The van der Waals surface area contributed by atoms with Gasteiger partial charge in [-0.1, -0.05) is 30.3 Å². The minimum absolute atomic E-state index is 0.0713. The SMILES string of the molecule is Cc1occc1CN(C)C(=O)C(CN)Cc1ccccc1. The zero-order valence-electron chi connectivity index (χ0n) is 12.6. The van der Waals surface area contributed by atoms with Gasteiger partial charge in [0.25, 0.3) is 0 Å². The molecule has 0 spiro atoms. The number of hydrogen-bond donors (Lipinski definition) is 1. The minimum atomic E-state index is -0.190. The first-order valence-corrected chi connectivity index (χ1v) is 7.13. The molecule has 2 aromatic rings. The molecule has 0 aliphatic carbocycles. The molecule has 1 unspecified atom stereocenters. The van der Waals surface area contributed by atoms with Gasteiger partial charge < -0.3 is 15.1 Å². The van der Waals surface area contributed by atoms with Crippen LogP contribution in [0.4, 0.5) is 0 Å². The van der Waals surface area contributed by atoms with Crippen molar-refractivity contribution < 1.29 is 9.21 Å². The first-order chi connectivity index (χ1) is 10.1. The molecule has 0 fully saturated rings. The Balaban J connectivity index is 2.00. The molecule has 0 radical (unpaired) electrons. The molecule has 4 nitrogen and oxygen atoms in total. The highest BCUT2D eigenvalue weighted by molar-refractivity contribution is 5.79. The van der Waals surface area contributed by atoms with Crippen molar-refractivity contribution in [2.24, 2.45) is 11.7 Å². The molecule has 1 atom stereocenters. The van der Waals surface area contributed by atoms with Gasteiger partial charge in [0.05, 0.1) is 12.2 Å². The smallest absolute Gasteiger partial charge is 0.227 e. The summed E-state index contributed by atoms with van der Waals surface area (Å²) < 4.78 is 5.26. The molecule has 0 aliphatic heterocycles. The Kier molecular flexibility index (Phi) is 5.17. The molecule has 2 N–H and O–H groups in total. The van der Waals surface area contributed by atoms with Gasteiger partial charge in [0.1, 0.15) is 5.76 Å². The summed E-state index contributed by atoms with van der Waals surface area (Å²) in [5, 5.41) is 0. The molecule has 1 heterocycles. The maximum Gasteiger partial charge on any atom is 0.227 e. The van der Waals surface area contributed by atoms with Gasteiger partial charge in [-0.15, -0.1) is 0 Å². The van der Waals surface area contributed by atoms with Crippen molar-refractivity contribution >= 4 is 5.91 Å². The van der Waals surface area contributed by atoms with Crippen molar-refractivity contribution in [1.29, 1.82) is 0 Å². The molecule has 4 heteroatoms. The van der Waals surface area contributed by atoms with Crippen LogP contribution >= 0.6 is 0 Å². The lowest BCUT2D eigenvalue weighted by Crippen LogP contribution is -2.37. The molecular formula is C17H22N2O2. The standard InChI is InChI=1S/C17H22N2O2/c1-13-15(8-9-21-13)12-19(2)17(20)16(11-18)10-14-6-4-3-5-7-14/h3-9,16H,10-12,18H2,1-2H3. The molecule has 1 amide bonds. The third-order valence-electron chi connectivity index (χ3n) is 3.71. The Labute approximate surface area is 125 Å². The zero-order valence-corrected chi connectivity index (χ0v) is 12.6. The normalized spacial score (nSPS) is 12.1. The Morgan fingerprint density at radius 1 is 1.29 bits per heavy atom. The summed E-state index contributed by atoms with van der Waals surface area (Å²) in [4.78, 5) is 14.3. The lowest BCUT2D eigenvalue weighted by atomic mass is 9.98. The molecule has 0 saturated heterocycles. The van der Waals surface area contributed by atoms with Crippen molar-refractivity contribution in [2.75, 3.05) is 13.6 Å². The molecule has 0 bridgehead atoms. The number of furan rings is 1. The Morgan fingerprint density at radius 2 is 2.00 bits per heavy atom. The van der Waals surface area contributed by atoms with Crippen molar-refractivity contribution in [1.82, 2.24) is 4.90 Å². The quantitative estimate of drug-likeness (QED) is 0.887. The van der Waals surface area contributed by atoms with E-state index >= 15 is 0 Å². The highest BCUT2D eigenvalue weighted by Gasteiger charge is 2.21. The lowest BCUT2D eigenvalue weighted by Gasteiger charge is -2.23. The van der Waals surface area contributed by atoms with Crippen LogP contribution < -0.4 is 5.73 Å². The third kappa shape index (κ3) is 3.95. The molecule has 0 saturated carbocycles. The average Bonchev–Trinajstić information content (AvgIpc) is 2.90. The van der Waals surface area contributed by atoms with Gasteiger partial charge in [-0.25, -0.2) is 0 Å².